The molecule has 0 atom stereocenters. The Kier molecular flexibility index (Phi) is 2.90. The van der Waals surface area contributed by atoms with Gasteiger partial charge in [0.15, 0.2) is 11.6 Å². The normalized spacial score (nSPS) is 10.4. The van der Waals surface area contributed by atoms with E-state index in [0.29, 0.717) is 6.61 Å². The first kappa shape index (κ1) is 10.7. The van der Waals surface area contributed by atoms with Crippen LogP contribution in [0, 0.1) is 12.7 Å². The Balaban J connectivity index is 2.07. The first-order chi connectivity index (χ1) is 7.65. The molecule has 1 heterocycles. The van der Waals surface area contributed by atoms with Crippen LogP contribution < -0.4 is 4.74 Å². The maximum absolute atomic E-state index is 13.3. The van der Waals surface area contributed by atoms with Crippen LogP contribution in [0.5, 0.6) is 5.75 Å². The largest absolute Gasteiger partial charge is 0.486 e. The molecule has 0 saturated carbocycles. The molecular weight excluding hydrogens is 207 g/mol. The Bertz CT molecular complexity index is 494. The highest BCUT2D eigenvalue weighted by molar-refractivity contribution is 5.29. The zero-order chi connectivity index (χ0) is 11.5. The molecule has 0 N–H and O–H groups in total. The summed E-state index contributed by atoms with van der Waals surface area (Å²) in [5.74, 6) is -0.0571. The van der Waals surface area contributed by atoms with Gasteiger partial charge in [-0.25, -0.2) is 4.39 Å². The van der Waals surface area contributed by atoms with E-state index in [0.717, 1.165) is 11.1 Å². The van der Waals surface area contributed by atoms with Crippen molar-refractivity contribution in [1.29, 1.82) is 0 Å². The van der Waals surface area contributed by atoms with E-state index in [2.05, 4.69) is 5.10 Å². The predicted molar refractivity (Wildman–Crippen MR) is 58.7 cm³/mol. The Morgan fingerprint density at radius 1 is 1.44 bits per heavy atom. The van der Waals surface area contributed by atoms with E-state index in [1.165, 1.54) is 6.07 Å². The summed E-state index contributed by atoms with van der Waals surface area (Å²) in [6.45, 7) is 2.23. The average molecular weight is 220 g/mol. The van der Waals surface area contributed by atoms with Crippen molar-refractivity contribution in [3.63, 3.8) is 0 Å². The zero-order valence-corrected chi connectivity index (χ0v) is 9.27. The monoisotopic (exact) mass is 220 g/mol. The molecule has 1 aromatic carbocycles. The van der Waals surface area contributed by atoms with Crippen LogP contribution in [0.4, 0.5) is 4.39 Å². The van der Waals surface area contributed by atoms with Gasteiger partial charge in [0.1, 0.15) is 6.61 Å². The van der Waals surface area contributed by atoms with E-state index in [1.807, 2.05) is 20.2 Å². The molecule has 0 aliphatic heterocycles. The van der Waals surface area contributed by atoms with Crippen molar-refractivity contribution in [2.45, 2.75) is 13.5 Å². The summed E-state index contributed by atoms with van der Waals surface area (Å²) in [7, 11) is 1.83. The Hall–Kier alpha value is -1.84. The fourth-order valence-electron chi connectivity index (χ4n) is 1.43. The van der Waals surface area contributed by atoms with Crippen LogP contribution in [-0.4, -0.2) is 9.78 Å². The Morgan fingerprint density at radius 2 is 2.25 bits per heavy atom. The fraction of sp³-hybridized carbons (Fsp3) is 0.250. The minimum Gasteiger partial charge on any atom is -0.486 e. The van der Waals surface area contributed by atoms with Gasteiger partial charge in [-0.2, -0.15) is 5.10 Å². The van der Waals surface area contributed by atoms with Crippen LogP contribution in [0.3, 0.4) is 0 Å². The van der Waals surface area contributed by atoms with Crippen LogP contribution in [0.15, 0.2) is 30.6 Å². The number of aryl methyl sites for hydroxylation is 2. The van der Waals surface area contributed by atoms with Gasteiger partial charge in [0.05, 0.1) is 6.20 Å². The molecule has 0 aliphatic rings. The number of nitrogens with zero attached hydrogens (tertiary/aromatic N) is 2. The van der Waals surface area contributed by atoms with E-state index in [-0.39, 0.29) is 11.6 Å². The lowest BCUT2D eigenvalue weighted by Crippen LogP contribution is -1.96. The van der Waals surface area contributed by atoms with Gasteiger partial charge in [0.25, 0.3) is 0 Å². The number of ether oxygens (including phenoxy) is 1. The molecule has 0 radical (unpaired) electrons. The molecule has 4 heteroatoms. The molecule has 3 nitrogen and oxygen atoms in total. The van der Waals surface area contributed by atoms with Crippen molar-refractivity contribution >= 4 is 0 Å². The number of benzene rings is 1. The van der Waals surface area contributed by atoms with Gasteiger partial charge >= 0.3 is 0 Å². The number of halogens is 1. The maximum Gasteiger partial charge on any atom is 0.165 e. The second-order valence-corrected chi connectivity index (χ2v) is 3.74. The van der Waals surface area contributed by atoms with Crippen LogP contribution in [0.2, 0.25) is 0 Å². The van der Waals surface area contributed by atoms with E-state index in [4.69, 9.17) is 4.74 Å². The highest BCUT2D eigenvalue weighted by Crippen LogP contribution is 2.19. The number of aromatic nitrogens is 2. The van der Waals surface area contributed by atoms with Gasteiger partial charge in [0, 0.05) is 18.8 Å². The molecule has 84 valence electrons. The van der Waals surface area contributed by atoms with Gasteiger partial charge < -0.3 is 4.74 Å². The minimum atomic E-state index is -0.338. The second kappa shape index (κ2) is 4.35. The molecule has 0 unspecified atom stereocenters. The smallest absolute Gasteiger partial charge is 0.165 e. The van der Waals surface area contributed by atoms with Crippen LogP contribution >= 0.6 is 0 Å². The lowest BCUT2D eigenvalue weighted by atomic mass is 10.2. The minimum absolute atomic E-state index is 0.281. The molecule has 0 aliphatic carbocycles. The van der Waals surface area contributed by atoms with Crippen molar-refractivity contribution in [2.75, 3.05) is 0 Å². The summed E-state index contributed by atoms with van der Waals surface area (Å²) < 4.78 is 20.4. The Morgan fingerprint density at radius 3 is 2.94 bits per heavy atom. The third kappa shape index (κ3) is 2.39. The SMILES string of the molecule is Cc1ccc(F)c(OCc2cnn(C)c2)c1. The highest BCUT2D eigenvalue weighted by atomic mass is 19.1. The summed E-state index contributed by atoms with van der Waals surface area (Å²) in [6.07, 6.45) is 3.54. The van der Waals surface area contributed by atoms with Crippen LogP contribution in [-0.2, 0) is 13.7 Å². The molecule has 0 saturated heterocycles. The molecule has 1 aromatic heterocycles. The first-order valence-electron chi connectivity index (χ1n) is 5.01. The molecule has 0 bridgehead atoms. The summed E-state index contributed by atoms with van der Waals surface area (Å²) in [5.41, 5.74) is 1.89. The van der Waals surface area contributed by atoms with E-state index in [1.54, 1.807) is 23.0 Å². The maximum atomic E-state index is 13.3. The lowest BCUT2D eigenvalue weighted by molar-refractivity contribution is 0.290. The molecule has 0 amide bonds. The van der Waals surface area contributed by atoms with Crippen molar-refractivity contribution in [1.82, 2.24) is 9.78 Å². The second-order valence-electron chi connectivity index (χ2n) is 3.74. The third-order valence-electron chi connectivity index (χ3n) is 2.24. The van der Waals surface area contributed by atoms with Crippen molar-refractivity contribution in [2.24, 2.45) is 7.05 Å². The summed E-state index contributed by atoms with van der Waals surface area (Å²) >= 11 is 0. The molecule has 2 rings (SSSR count). The predicted octanol–water partition coefficient (Wildman–Crippen LogP) is 2.45. The molecule has 2 aromatic rings. The number of hydrogen-bond donors (Lipinski definition) is 0. The lowest BCUT2D eigenvalue weighted by Gasteiger charge is -2.06. The molecule has 16 heavy (non-hydrogen) atoms. The van der Waals surface area contributed by atoms with Crippen molar-refractivity contribution in [3.05, 3.63) is 47.5 Å². The standard InChI is InChI=1S/C12H13FN2O/c1-9-3-4-11(13)12(5-9)16-8-10-6-14-15(2)7-10/h3-7H,8H2,1-2H3. The first-order valence-corrected chi connectivity index (χ1v) is 5.01. The third-order valence-corrected chi connectivity index (χ3v) is 2.24. The summed E-state index contributed by atoms with van der Waals surface area (Å²) in [5, 5.41) is 4.01. The van der Waals surface area contributed by atoms with Gasteiger partial charge in [0.2, 0.25) is 0 Å². The molecular formula is C12H13FN2O. The van der Waals surface area contributed by atoms with E-state index >= 15 is 0 Å². The summed E-state index contributed by atoms with van der Waals surface area (Å²) in [6, 6.07) is 4.81. The fourth-order valence-corrected chi connectivity index (χ4v) is 1.43. The molecule has 0 spiro atoms. The van der Waals surface area contributed by atoms with Gasteiger partial charge in [-0.05, 0) is 24.6 Å². The van der Waals surface area contributed by atoms with Gasteiger partial charge in [-0.1, -0.05) is 6.07 Å². The molecule has 0 fully saturated rings. The zero-order valence-electron chi connectivity index (χ0n) is 9.27. The van der Waals surface area contributed by atoms with Gasteiger partial charge in [-0.3, -0.25) is 4.68 Å². The van der Waals surface area contributed by atoms with Crippen LogP contribution in [0.25, 0.3) is 0 Å². The highest BCUT2D eigenvalue weighted by Gasteiger charge is 2.04. The van der Waals surface area contributed by atoms with Gasteiger partial charge in [-0.15, -0.1) is 0 Å². The van der Waals surface area contributed by atoms with E-state index in [9.17, 15) is 4.39 Å². The van der Waals surface area contributed by atoms with Crippen molar-refractivity contribution < 1.29 is 9.13 Å². The van der Waals surface area contributed by atoms with E-state index < -0.39 is 0 Å². The number of rotatable bonds is 3. The summed E-state index contributed by atoms with van der Waals surface area (Å²) in [4.78, 5) is 0. The number of hydrogen-bond acceptors (Lipinski definition) is 2. The quantitative estimate of drug-likeness (QED) is 0.794. The van der Waals surface area contributed by atoms with Crippen molar-refractivity contribution in [3.8, 4) is 5.75 Å². The Labute approximate surface area is 93.5 Å². The van der Waals surface area contributed by atoms with Crippen LogP contribution in [0.1, 0.15) is 11.1 Å². The topological polar surface area (TPSA) is 27.1 Å². The average Bonchev–Trinajstić information content (AvgIpc) is 2.66.